The van der Waals surface area contributed by atoms with Crippen LogP contribution in [0.2, 0.25) is 0 Å². The van der Waals surface area contributed by atoms with Gasteiger partial charge in [-0.1, -0.05) is 6.07 Å². The maximum absolute atomic E-state index is 14.1. The third-order valence-corrected chi connectivity index (χ3v) is 5.40. The second-order valence-electron chi connectivity index (χ2n) is 6.36. The molecule has 1 fully saturated rings. The summed E-state index contributed by atoms with van der Waals surface area (Å²) in [6.45, 7) is 0.469. The Labute approximate surface area is 156 Å². The average Bonchev–Trinajstić information content (AvgIpc) is 2.67. The molecule has 0 spiro atoms. The van der Waals surface area contributed by atoms with Crippen LogP contribution in [0, 0.1) is 11.7 Å². The number of pyridine rings is 1. The topological polar surface area (TPSA) is 110 Å². The second kappa shape index (κ2) is 7.53. The molecule has 1 aliphatic rings. The zero-order valence-electron chi connectivity index (χ0n) is 14.3. The molecule has 0 aliphatic carbocycles. The quantitative estimate of drug-likeness (QED) is 0.796. The number of amides is 1. The van der Waals surface area contributed by atoms with Crippen molar-refractivity contribution < 1.29 is 22.4 Å². The fourth-order valence-corrected chi connectivity index (χ4v) is 3.65. The first-order valence-electron chi connectivity index (χ1n) is 8.34. The van der Waals surface area contributed by atoms with Crippen molar-refractivity contribution in [3.8, 4) is 0 Å². The molecular weight excluding hydrogens is 373 g/mol. The number of likely N-dealkylation sites (tertiary alicyclic amines) is 1. The van der Waals surface area contributed by atoms with E-state index in [1.54, 1.807) is 18.2 Å². The molecule has 3 rings (SSSR count). The van der Waals surface area contributed by atoms with Gasteiger partial charge in [0, 0.05) is 25.2 Å². The van der Waals surface area contributed by atoms with Crippen molar-refractivity contribution in [2.45, 2.75) is 17.7 Å². The zero-order chi connectivity index (χ0) is 19.6. The number of primary sulfonamides is 1. The lowest BCUT2D eigenvalue weighted by Gasteiger charge is -2.32. The number of hydrogen-bond acceptors (Lipinski definition) is 5. The maximum atomic E-state index is 14.1. The van der Waals surface area contributed by atoms with Gasteiger partial charge in [-0.05, 0) is 43.2 Å². The Balaban J connectivity index is 1.82. The number of halogens is 1. The van der Waals surface area contributed by atoms with Crippen LogP contribution >= 0.6 is 0 Å². The Morgan fingerprint density at radius 3 is 2.67 bits per heavy atom. The Morgan fingerprint density at radius 2 is 2.00 bits per heavy atom. The van der Waals surface area contributed by atoms with Crippen LogP contribution in [0.1, 0.15) is 33.7 Å². The molecule has 1 aromatic carbocycles. The first kappa shape index (κ1) is 19.1. The predicted octanol–water partition coefficient (Wildman–Crippen LogP) is 1.60. The van der Waals surface area contributed by atoms with E-state index in [2.05, 4.69) is 4.98 Å². The molecule has 0 bridgehead atoms. The molecule has 0 radical (unpaired) electrons. The van der Waals surface area contributed by atoms with Gasteiger partial charge in [0.05, 0.1) is 10.5 Å². The molecule has 9 heteroatoms. The molecule has 1 aliphatic heterocycles. The van der Waals surface area contributed by atoms with E-state index >= 15 is 0 Å². The molecule has 1 atom stereocenters. The third kappa shape index (κ3) is 4.20. The summed E-state index contributed by atoms with van der Waals surface area (Å²) in [4.78, 5) is 30.4. The molecule has 1 unspecified atom stereocenters. The fraction of sp³-hybridized carbons (Fsp3) is 0.278. The highest BCUT2D eigenvalue weighted by atomic mass is 32.2. The van der Waals surface area contributed by atoms with Crippen LogP contribution in [0.3, 0.4) is 0 Å². The van der Waals surface area contributed by atoms with Gasteiger partial charge in [-0.2, -0.15) is 0 Å². The van der Waals surface area contributed by atoms with Crippen molar-refractivity contribution in [3.63, 3.8) is 0 Å². The number of Topliss-reactive ketones (excluding diaryl/α,β-unsaturated/α-hetero) is 1. The molecular formula is C18H18FN3O4S. The van der Waals surface area contributed by atoms with Crippen molar-refractivity contribution in [3.05, 3.63) is 59.7 Å². The van der Waals surface area contributed by atoms with Crippen LogP contribution in [0.15, 0.2) is 47.5 Å². The van der Waals surface area contributed by atoms with E-state index in [1.165, 1.54) is 11.1 Å². The van der Waals surface area contributed by atoms with E-state index in [4.69, 9.17) is 5.14 Å². The van der Waals surface area contributed by atoms with Crippen molar-refractivity contribution in [2.75, 3.05) is 13.1 Å². The van der Waals surface area contributed by atoms with E-state index in [-0.39, 0.29) is 22.8 Å². The van der Waals surface area contributed by atoms with Crippen LogP contribution in [-0.2, 0) is 10.0 Å². The summed E-state index contributed by atoms with van der Waals surface area (Å²) in [6, 6.07) is 7.85. The molecule has 1 saturated heterocycles. The van der Waals surface area contributed by atoms with Gasteiger partial charge in [-0.15, -0.1) is 0 Å². The van der Waals surface area contributed by atoms with Gasteiger partial charge in [0.1, 0.15) is 11.5 Å². The van der Waals surface area contributed by atoms with Crippen LogP contribution in [0.5, 0.6) is 0 Å². The van der Waals surface area contributed by atoms with Gasteiger partial charge in [-0.3, -0.25) is 14.6 Å². The van der Waals surface area contributed by atoms with Crippen LogP contribution in [0.25, 0.3) is 0 Å². The largest absolute Gasteiger partial charge is 0.338 e. The molecule has 0 saturated carbocycles. The van der Waals surface area contributed by atoms with Crippen molar-refractivity contribution in [2.24, 2.45) is 11.1 Å². The Bertz CT molecular complexity index is 979. The van der Waals surface area contributed by atoms with Crippen LogP contribution < -0.4 is 5.14 Å². The highest BCUT2D eigenvalue weighted by Crippen LogP contribution is 2.23. The molecule has 142 valence electrons. The third-order valence-electron chi connectivity index (χ3n) is 4.49. The molecule has 1 amide bonds. The minimum atomic E-state index is -4.07. The highest BCUT2D eigenvalue weighted by Gasteiger charge is 2.31. The minimum Gasteiger partial charge on any atom is -0.338 e. The number of aromatic nitrogens is 1. The van der Waals surface area contributed by atoms with Gasteiger partial charge in [0.2, 0.25) is 10.0 Å². The van der Waals surface area contributed by atoms with Crippen molar-refractivity contribution in [1.29, 1.82) is 0 Å². The summed E-state index contributed by atoms with van der Waals surface area (Å²) in [7, 11) is -4.07. The Morgan fingerprint density at radius 1 is 1.22 bits per heavy atom. The standard InChI is InChI=1S/C18H18FN3O4S/c19-15-7-6-13(27(20,25)26)10-14(15)18(24)22-9-3-4-12(11-22)17(23)16-5-1-2-8-21-16/h1-2,5-8,10,12H,3-4,9,11H2,(H2,20,25,26). The summed E-state index contributed by atoms with van der Waals surface area (Å²) in [6.07, 6.45) is 2.69. The van der Waals surface area contributed by atoms with E-state index in [0.29, 0.717) is 25.1 Å². The Kier molecular flexibility index (Phi) is 5.33. The second-order valence-corrected chi connectivity index (χ2v) is 7.92. The maximum Gasteiger partial charge on any atom is 0.256 e. The number of rotatable bonds is 4. The number of piperidine rings is 1. The number of sulfonamides is 1. The number of ketones is 1. The molecule has 1 aromatic heterocycles. The summed E-state index contributed by atoms with van der Waals surface area (Å²) in [5, 5.41) is 5.05. The number of carbonyl (C=O) groups excluding carboxylic acids is 2. The minimum absolute atomic E-state index is 0.118. The number of nitrogens with zero attached hydrogens (tertiary/aromatic N) is 2. The summed E-state index contributed by atoms with van der Waals surface area (Å²) < 4.78 is 37.1. The SMILES string of the molecule is NS(=O)(=O)c1ccc(F)c(C(=O)N2CCCC(C(=O)c3ccccn3)C2)c1. The number of carbonyl (C=O) groups is 2. The average molecular weight is 391 g/mol. The molecule has 2 N–H and O–H groups in total. The smallest absolute Gasteiger partial charge is 0.256 e. The first-order valence-corrected chi connectivity index (χ1v) is 9.89. The Hall–Kier alpha value is -2.65. The monoisotopic (exact) mass is 391 g/mol. The van der Waals surface area contributed by atoms with Gasteiger partial charge in [-0.25, -0.2) is 17.9 Å². The van der Waals surface area contributed by atoms with Gasteiger partial charge < -0.3 is 4.90 Å². The highest BCUT2D eigenvalue weighted by molar-refractivity contribution is 7.89. The molecule has 2 aromatic rings. The normalized spacial score (nSPS) is 17.6. The summed E-state index contributed by atoms with van der Waals surface area (Å²) in [5.74, 6) is -2.13. The lowest BCUT2D eigenvalue weighted by atomic mass is 9.91. The van der Waals surface area contributed by atoms with Crippen LogP contribution in [-0.4, -0.2) is 43.1 Å². The molecule has 7 nitrogen and oxygen atoms in total. The summed E-state index contributed by atoms with van der Waals surface area (Å²) >= 11 is 0. The van der Waals surface area contributed by atoms with E-state index in [1.807, 2.05) is 0 Å². The first-order chi connectivity index (χ1) is 12.8. The number of benzene rings is 1. The van der Waals surface area contributed by atoms with E-state index in [9.17, 15) is 22.4 Å². The predicted molar refractivity (Wildman–Crippen MR) is 95.0 cm³/mol. The van der Waals surface area contributed by atoms with Crippen molar-refractivity contribution in [1.82, 2.24) is 9.88 Å². The lowest BCUT2D eigenvalue weighted by molar-refractivity contribution is 0.0631. The molecule has 27 heavy (non-hydrogen) atoms. The van der Waals surface area contributed by atoms with E-state index in [0.717, 1.165) is 18.2 Å². The van der Waals surface area contributed by atoms with Crippen molar-refractivity contribution >= 4 is 21.7 Å². The van der Waals surface area contributed by atoms with Gasteiger partial charge >= 0.3 is 0 Å². The molecule has 2 heterocycles. The number of nitrogens with two attached hydrogens (primary N) is 1. The van der Waals surface area contributed by atoms with Gasteiger partial charge in [0.15, 0.2) is 5.78 Å². The lowest BCUT2D eigenvalue weighted by Crippen LogP contribution is -2.42. The van der Waals surface area contributed by atoms with Gasteiger partial charge in [0.25, 0.3) is 5.91 Å². The fourth-order valence-electron chi connectivity index (χ4n) is 3.11. The zero-order valence-corrected chi connectivity index (χ0v) is 15.2. The van der Waals surface area contributed by atoms with Crippen LogP contribution in [0.4, 0.5) is 4.39 Å². The number of hydrogen-bond donors (Lipinski definition) is 1. The van der Waals surface area contributed by atoms with E-state index < -0.39 is 27.7 Å². The summed E-state index contributed by atoms with van der Waals surface area (Å²) in [5.41, 5.74) is -0.0633.